The van der Waals surface area contributed by atoms with E-state index in [1.807, 2.05) is 50.2 Å². The van der Waals surface area contributed by atoms with Crippen LogP contribution in [0.3, 0.4) is 0 Å². The van der Waals surface area contributed by atoms with Crippen LogP contribution in [0, 0.1) is 13.8 Å². The Hall–Kier alpha value is -2.73. The Morgan fingerprint density at radius 3 is 2.82 bits per heavy atom. The van der Waals surface area contributed by atoms with Gasteiger partial charge in [0.05, 0.1) is 12.8 Å². The first kappa shape index (κ1) is 14.2. The zero-order valence-electron chi connectivity index (χ0n) is 12.4. The third-order valence-corrected chi connectivity index (χ3v) is 3.27. The minimum absolute atomic E-state index is 0.303. The highest BCUT2D eigenvalue weighted by atomic mass is 16.6. The van der Waals surface area contributed by atoms with Gasteiger partial charge in [-0.2, -0.15) is 5.10 Å². The van der Waals surface area contributed by atoms with E-state index in [9.17, 15) is 4.79 Å². The zero-order chi connectivity index (χ0) is 15.5. The second-order valence-corrected chi connectivity index (χ2v) is 5.04. The van der Waals surface area contributed by atoms with Crippen molar-refractivity contribution in [3.63, 3.8) is 0 Å². The second kappa shape index (κ2) is 5.95. The molecular weight excluding hydrogens is 280 g/mol. The molecule has 0 fully saturated rings. The van der Waals surface area contributed by atoms with Gasteiger partial charge in [0, 0.05) is 11.4 Å². The Labute approximate surface area is 127 Å². The standard InChI is InChI=1S/C16H16N4O2/c1-11-8-12(2)20-15(18-11)14(9-17-20)16(21)19-22-10-13-6-4-3-5-7-13/h3-9H,10H2,1-2H3,(H,19,21). The van der Waals surface area contributed by atoms with Gasteiger partial charge in [0.15, 0.2) is 5.65 Å². The lowest BCUT2D eigenvalue weighted by Gasteiger charge is -2.05. The van der Waals surface area contributed by atoms with Gasteiger partial charge >= 0.3 is 0 Å². The van der Waals surface area contributed by atoms with Crippen LogP contribution in [0.1, 0.15) is 27.3 Å². The molecule has 2 heterocycles. The molecule has 1 amide bonds. The quantitative estimate of drug-likeness (QED) is 0.749. The van der Waals surface area contributed by atoms with Crippen molar-refractivity contribution in [2.45, 2.75) is 20.5 Å². The summed E-state index contributed by atoms with van der Waals surface area (Å²) in [6.07, 6.45) is 1.50. The van der Waals surface area contributed by atoms with Crippen molar-refractivity contribution in [3.8, 4) is 0 Å². The summed E-state index contributed by atoms with van der Waals surface area (Å²) in [5.41, 5.74) is 6.09. The minimum atomic E-state index is -0.358. The Morgan fingerprint density at radius 2 is 2.05 bits per heavy atom. The van der Waals surface area contributed by atoms with Crippen molar-refractivity contribution < 1.29 is 9.63 Å². The first-order valence-corrected chi connectivity index (χ1v) is 6.93. The Morgan fingerprint density at radius 1 is 1.27 bits per heavy atom. The molecule has 0 radical (unpaired) electrons. The molecule has 0 atom stereocenters. The van der Waals surface area contributed by atoms with Crippen molar-refractivity contribution in [3.05, 3.63) is 65.1 Å². The van der Waals surface area contributed by atoms with Crippen LogP contribution in [0.15, 0.2) is 42.6 Å². The Balaban J connectivity index is 1.73. The highest BCUT2D eigenvalue weighted by Gasteiger charge is 2.15. The summed E-state index contributed by atoms with van der Waals surface area (Å²) in [4.78, 5) is 21.8. The summed E-state index contributed by atoms with van der Waals surface area (Å²) in [7, 11) is 0. The summed E-state index contributed by atoms with van der Waals surface area (Å²) in [5.74, 6) is -0.358. The van der Waals surface area contributed by atoms with Crippen LogP contribution in [0.2, 0.25) is 0 Å². The molecular formula is C16H16N4O2. The molecule has 0 saturated heterocycles. The molecule has 3 rings (SSSR count). The SMILES string of the molecule is Cc1cc(C)n2ncc(C(=O)NOCc3ccccc3)c2n1. The van der Waals surface area contributed by atoms with Crippen LogP contribution in [-0.2, 0) is 11.4 Å². The Bertz CT molecular complexity index is 812. The maximum absolute atomic E-state index is 12.2. The van der Waals surface area contributed by atoms with E-state index in [1.54, 1.807) is 4.52 Å². The number of nitrogens with one attached hydrogen (secondary N) is 1. The number of carbonyl (C=O) groups excluding carboxylic acids is 1. The van der Waals surface area contributed by atoms with E-state index in [0.29, 0.717) is 17.8 Å². The number of aryl methyl sites for hydroxylation is 2. The first-order valence-electron chi connectivity index (χ1n) is 6.93. The minimum Gasteiger partial charge on any atom is -0.269 e. The lowest BCUT2D eigenvalue weighted by Crippen LogP contribution is -2.23. The number of carbonyl (C=O) groups is 1. The lowest BCUT2D eigenvalue weighted by molar-refractivity contribution is 0.0235. The molecule has 0 unspecified atom stereocenters. The smallest absolute Gasteiger partial charge is 0.269 e. The maximum atomic E-state index is 12.2. The number of nitrogens with zero attached hydrogens (tertiary/aromatic N) is 3. The number of hydroxylamine groups is 1. The summed E-state index contributed by atoms with van der Waals surface area (Å²) in [6.45, 7) is 4.10. The zero-order valence-corrected chi connectivity index (χ0v) is 12.4. The molecule has 22 heavy (non-hydrogen) atoms. The molecule has 6 heteroatoms. The molecule has 2 aromatic heterocycles. The normalized spacial score (nSPS) is 10.8. The first-order chi connectivity index (χ1) is 10.6. The van der Waals surface area contributed by atoms with Gasteiger partial charge in [0.25, 0.3) is 5.91 Å². The molecule has 3 aromatic rings. The lowest BCUT2D eigenvalue weighted by atomic mass is 10.2. The second-order valence-electron chi connectivity index (χ2n) is 5.04. The molecule has 6 nitrogen and oxygen atoms in total. The van der Waals surface area contributed by atoms with Gasteiger partial charge in [0.2, 0.25) is 0 Å². The van der Waals surface area contributed by atoms with Gasteiger partial charge in [-0.25, -0.2) is 15.0 Å². The maximum Gasteiger partial charge on any atom is 0.280 e. The van der Waals surface area contributed by atoms with Gasteiger partial charge in [-0.05, 0) is 25.5 Å². The third-order valence-electron chi connectivity index (χ3n) is 3.27. The van der Waals surface area contributed by atoms with Gasteiger partial charge in [-0.1, -0.05) is 30.3 Å². The monoisotopic (exact) mass is 296 g/mol. The van der Waals surface area contributed by atoms with Gasteiger partial charge in [-0.3, -0.25) is 9.63 Å². The van der Waals surface area contributed by atoms with Gasteiger partial charge < -0.3 is 0 Å². The number of fused-ring (bicyclic) bond motifs is 1. The van der Waals surface area contributed by atoms with Crippen LogP contribution >= 0.6 is 0 Å². The van der Waals surface area contributed by atoms with Crippen LogP contribution in [-0.4, -0.2) is 20.5 Å². The van der Waals surface area contributed by atoms with Gasteiger partial charge in [-0.15, -0.1) is 0 Å². The molecule has 0 aliphatic carbocycles. The molecule has 1 aromatic carbocycles. The number of aromatic nitrogens is 3. The van der Waals surface area contributed by atoms with E-state index in [0.717, 1.165) is 17.0 Å². The molecule has 0 saturated carbocycles. The summed E-state index contributed by atoms with van der Waals surface area (Å²) >= 11 is 0. The molecule has 0 bridgehead atoms. The number of benzene rings is 1. The number of hydrogen-bond acceptors (Lipinski definition) is 4. The van der Waals surface area contributed by atoms with Crippen LogP contribution in [0.4, 0.5) is 0 Å². The number of hydrogen-bond donors (Lipinski definition) is 1. The average molecular weight is 296 g/mol. The fourth-order valence-corrected chi connectivity index (χ4v) is 2.24. The molecule has 0 aliphatic rings. The topological polar surface area (TPSA) is 68.5 Å². The van der Waals surface area contributed by atoms with Gasteiger partial charge in [0.1, 0.15) is 5.56 Å². The molecule has 112 valence electrons. The molecule has 1 N–H and O–H groups in total. The Kier molecular flexibility index (Phi) is 3.84. The fraction of sp³-hybridized carbons (Fsp3) is 0.188. The van der Waals surface area contributed by atoms with E-state index in [1.165, 1.54) is 6.20 Å². The fourth-order valence-electron chi connectivity index (χ4n) is 2.24. The largest absolute Gasteiger partial charge is 0.280 e. The van der Waals surface area contributed by atoms with Crippen molar-refractivity contribution in [2.75, 3.05) is 0 Å². The number of rotatable bonds is 4. The number of amides is 1. The van der Waals surface area contributed by atoms with Crippen molar-refractivity contribution in [1.29, 1.82) is 0 Å². The summed E-state index contributed by atoms with van der Waals surface area (Å²) < 4.78 is 1.64. The summed E-state index contributed by atoms with van der Waals surface area (Å²) in [6, 6.07) is 11.5. The van der Waals surface area contributed by atoms with Crippen LogP contribution in [0.25, 0.3) is 5.65 Å². The molecule has 0 spiro atoms. The highest BCUT2D eigenvalue weighted by Crippen LogP contribution is 2.11. The van der Waals surface area contributed by atoms with Crippen molar-refractivity contribution >= 4 is 11.6 Å². The summed E-state index contributed by atoms with van der Waals surface area (Å²) in [5, 5.41) is 4.18. The van der Waals surface area contributed by atoms with Crippen molar-refractivity contribution in [2.24, 2.45) is 0 Å². The van der Waals surface area contributed by atoms with Crippen molar-refractivity contribution in [1.82, 2.24) is 20.1 Å². The van der Waals surface area contributed by atoms with E-state index < -0.39 is 0 Å². The average Bonchev–Trinajstić information content (AvgIpc) is 2.92. The van der Waals surface area contributed by atoms with E-state index in [2.05, 4.69) is 15.6 Å². The van der Waals surface area contributed by atoms with Crippen LogP contribution < -0.4 is 5.48 Å². The highest BCUT2D eigenvalue weighted by molar-refractivity contribution is 5.99. The van der Waals surface area contributed by atoms with E-state index in [-0.39, 0.29) is 5.91 Å². The van der Waals surface area contributed by atoms with E-state index in [4.69, 9.17) is 4.84 Å². The molecule has 0 aliphatic heterocycles. The van der Waals surface area contributed by atoms with E-state index >= 15 is 0 Å². The predicted molar refractivity (Wildman–Crippen MR) is 81.2 cm³/mol. The van der Waals surface area contributed by atoms with Crippen LogP contribution in [0.5, 0.6) is 0 Å². The predicted octanol–water partition coefficient (Wildman–Crippen LogP) is 2.21. The third kappa shape index (κ3) is 2.82.